The van der Waals surface area contributed by atoms with Gasteiger partial charge in [-0.2, -0.15) is 0 Å². The molecule has 0 heterocycles. The maximum atomic E-state index is 13.3. The van der Waals surface area contributed by atoms with E-state index in [0.29, 0.717) is 5.92 Å². The molecule has 2 atom stereocenters. The minimum Gasteiger partial charge on any atom is -0.204 e. The molecule has 0 nitrogen and oxygen atoms in total. The third kappa shape index (κ3) is 4.64. The summed E-state index contributed by atoms with van der Waals surface area (Å²) < 4.78 is 39.7. The molecule has 156 valence electrons. The molecule has 2 aromatic carbocycles. The number of hydrogen-bond acceptors (Lipinski definition) is 0. The Hall–Kier alpha value is -2.47. The summed E-state index contributed by atoms with van der Waals surface area (Å²) in [6, 6.07) is 10.00. The first-order valence-corrected chi connectivity index (χ1v) is 11.0. The molecule has 0 fully saturated rings. The minimum absolute atomic E-state index is 0.126. The summed E-state index contributed by atoms with van der Waals surface area (Å²) in [6.45, 7) is 2.28. The Morgan fingerprint density at radius 2 is 1.47 bits per heavy atom. The molecular weight excluding hydrogens is 381 g/mol. The van der Waals surface area contributed by atoms with Gasteiger partial charge in [-0.05, 0) is 80.2 Å². The molecule has 4 rings (SSSR count). The summed E-state index contributed by atoms with van der Waals surface area (Å²) in [6.07, 6.45) is 10.2. The first-order valence-electron chi connectivity index (χ1n) is 11.0. The van der Waals surface area contributed by atoms with Crippen LogP contribution in [0.3, 0.4) is 0 Å². The molecule has 0 amide bonds. The molecule has 0 aliphatic heterocycles. The lowest BCUT2D eigenvalue weighted by Gasteiger charge is -2.34. The summed E-state index contributed by atoms with van der Waals surface area (Å²) in [4.78, 5) is 0. The van der Waals surface area contributed by atoms with Crippen LogP contribution in [0.1, 0.15) is 80.9 Å². The number of halogens is 3. The summed E-state index contributed by atoms with van der Waals surface area (Å²) >= 11 is 0. The van der Waals surface area contributed by atoms with Crippen LogP contribution in [0.2, 0.25) is 0 Å². The van der Waals surface area contributed by atoms with Crippen molar-refractivity contribution < 1.29 is 13.2 Å². The van der Waals surface area contributed by atoms with Crippen molar-refractivity contribution in [1.29, 1.82) is 0 Å². The van der Waals surface area contributed by atoms with Gasteiger partial charge in [0.15, 0.2) is 17.5 Å². The van der Waals surface area contributed by atoms with Crippen molar-refractivity contribution in [1.82, 2.24) is 0 Å². The Balaban J connectivity index is 1.43. The Kier molecular flexibility index (Phi) is 6.32. The van der Waals surface area contributed by atoms with Gasteiger partial charge in [-0.3, -0.25) is 0 Å². The smallest absolute Gasteiger partial charge is 0.194 e. The largest absolute Gasteiger partial charge is 0.204 e. The van der Waals surface area contributed by atoms with E-state index >= 15 is 0 Å². The van der Waals surface area contributed by atoms with Gasteiger partial charge in [0.25, 0.3) is 0 Å². The topological polar surface area (TPSA) is 0 Å². The van der Waals surface area contributed by atoms with Crippen LogP contribution in [0.5, 0.6) is 0 Å². The van der Waals surface area contributed by atoms with Gasteiger partial charge in [0.05, 0.1) is 0 Å². The van der Waals surface area contributed by atoms with Crippen molar-refractivity contribution in [2.45, 2.75) is 64.2 Å². The van der Waals surface area contributed by atoms with Gasteiger partial charge in [-0.15, -0.1) is 0 Å². The van der Waals surface area contributed by atoms with Gasteiger partial charge in [-0.1, -0.05) is 54.9 Å². The maximum absolute atomic E-state index is 13.3. The summed E-state index contributed by atoms with van der Waals surface area (Å²) in [7, 11) is 0. The first kappa shape index (κ1) is 20.8. The van der Waals surface area contributed by atoms with E-state index in [1.54, 1.807) is 11.1 Å². The van der Waals surface area contributed by atoms with Crippen LogP contribution < -0.4 is 0 Å². The summed E-state index contributed by atoms with van der Waals surface area (Å²) in [5.74, 6) is 3.19. The molecule has 2 unspecified atom stereocenters. The number of allylic oxidation sites excluding steroid dienone is 2. The van der Waals surface area contributed by atoms with E-state index in [9.17, 15) is 13.2 Å². The molecule has 0 aromatic heterocycles. The van der Waals surface area contributed by atoms with Gasteiger partial charge in [0.1, 0.15) is 0 Å². The van der Waals surface area contributed by atoms with Crippen LogP contribution in [-0.4, -0.2) is 0 Å². The molecule has 2 aromatic rings. The Morgan fingerprint density at radius 3 is 2.17 bits per heavy atom. The molecule has 0 spiro atoms. The standard InChI is InChI=1S/C27H27F3/c1-2-3-19-8-11-24-17-23(13-12-22(24)14-19)21-9-6-18(7-10-21)4-5-20-15-25(28)27(30)26(29)16-20/h6-7,9-10,15-16,19,23H,2-3,8,11-14,17H2,1H3. The molecule has 0 saturated carbocycles. The van der Waals surface area contributed by atoms with E-state index in [1.165, 1.54) is 56.9 Å². The highest BCUT2D eigenvalue weighted by Gasteiger charge is 2.27. The zero-order valence-corrected chi connectivity index (χ0v) is 17.4. The Morgan fingerprint density at radius 1 is 0.833 bits per heavy atom. The molecule has 3 heteroatoms. The van der Waals surface area contributed by atoms with Crippen LogP contribution in [0.25, 0.3) is 0 Å². The van der Waals surface area contributed by atoms with Crippen LogP contribution >= 0.6 is 0 Å². The van der Waals surface area contributed by atoms with E-state index in [4.69, 9.17) is 0 Å². The quantitative estimate of drug-likeness (QED) is 0.278. The molecule has 30 heavy (non-hydrogen) atoms. The SMILES string of the molecule is CCCC1CCC2=C(CCC(c3ccc(C#Cc4cc(F)c(F)c(F)c4)cc3)C2)C1. The van der Waals surface area contributed by atoms with Crippen molar-refractivity contribution >= 4 is 0 Å². The average Bonchev–Trinajstić information content (AvgIpc) is 2.76. The Bertz CT molecular complexity index is 982. The molecule has 0 radical (unpaired) electrons. The fraction of sp³-hybridized carbons (Fsp3) is 0.407. The number of hydrogen-bond donors (Lipinski definition) is 0. The number of benzene rings is 2. The van der Waals surface area contributed by atoms with Crippen LogP contribution in [0.4, 0.5) is 13.2 Å². The van der Waals surface area contributed by atoms with E-state index in [2.05, 4.69) is 30.9 Å². The van der Waals surface area contributed by atoms with E-state index in [-0.39, 0.29) is 5.56 Å². The lowest BCUT2D eigenvalue weighted by molar-refractivity contribution is 0.386. The van der Waals surface area contributed by atoms with Gasteiger partial charge < -0.3 is 0 Å². The second-order valence-corrected chi connectivity index (χ2v) is 8.67. The third-order valence-corrected chi connectivity index (χ3v) is 6.59. The second kappa shape index (κ2) is 9.13. The van der Waals surface area contributed by atoms with Crippen molar-refractivity contribution in [3.63, 3.8) is 0 Å². The molecule has 2 aliphatic rings. The first-order chi connectivity index (χ1) is 14.5. The van der Waals surface area contributed by atoms with Crippen molar-refractivity contribution in [3.8, 4) is 11.8 Å². The average molecular weight is 409 g/mol. The molecular formula is C27H27F3. The zero-order chi connectivity index (χ0) is 21.1. The van der Waals surface area contributed by atoms with E-state index in [0.717, 1.165) is 23.6 Å². The summed E-state index contributed by atoms with van der Waals surface area (Å²) in [5.41, 5.74) is 5.67. The van der Waals surface area contributed by atoms with Crippen molar-refractivity contribution in [3.05, 3.63) is 81.7 Å². The maximum Gasteiger partial charge on any atom is 0.194 e. The fourth-order valence-electron chi connectivity index (χ4n) is 4.97. The van der Waals surface area contributed by atoms with Crippen LogP contribution in [0, 0.1) is 35.2 Å². The van der Waals surface area contributed by atoms with Crippen LogP contribution in [-0.2, 0) is 0 Å². The van der Waals surface area contributed by atoms with E-state index in [1.807, 2.05) is 12.1 Å². The lowest BCUT2D eigenvalue weighted by Crippen LogP contribution is -2.17. The second-order valence-electron chi connectivity index (χ2n) is 8.67. The van der Waals surface area contributed by atoms with E-state index < -0.39 is 17.5 Å². The molecule has 0 N–H and O–H groups in total. The third-order valence-electron chi connectivity index (χ3n) is 6.59. The lowest BCUT2D eigenvalue weighted by atomic mass is 9.71. The number of rotatable bonds is 3. The highest BCUT2D eigenvalue weighted by molar-refractivity contribution is 5.44. The summed E-state index contributed by atoms with van der Waals surface area (Å²) in [5, 5.41) is 0. The van der Waals surface area contributed by atoms with Gasteiger partial charge in [0.2, 0.25) is 0 Å². The minimum atomic E-state index is -1.46. The monoisotopic (exact) mass is 408 g/mol. The molecule has 0 saturated heterocycles. The predicted octanol–water partition coefficient (Wildman–Crippen LogP) is 7.67. The highest BCUT2D eigenvalue weighted by Crippen LogP contribution is 2.44. The zero-order valence-electron chi connectivity index (χ0n) is 17.4. The van der Waals surface area contributed by atoms with Gasteiger partial charge >= 0.3 is 0 Å². The van der Waals surface area contributed by atoms with Crippen LogP contribution in [0.15, 0.2) is 47.5 Å². The highest BCUT2D eigenvalue weighted by atomic mass is 19.2. The van der Waals surface area contributed by atoms with Gasteiger partial charge in [-0.25, -0.2) is 13.2 Å². The normalized spacial score (nSPS) is 21.1. The molecule has 0 bridgehead atoms. The van der Waals surface area contributed by atoms with Crippen molar-refractivity contribution in [2.75, 3.05) is 0 Å². The van der Waals surface area contributed by atoms with Gasteiger partial charge in [0, 0.05) is 11.1 Å². The predicted molar refractivity (Wildman–Crippen MR) is 115 cm³/mol. The Labute approximate surface area is 177 Å². The fourth-order valence-corrected chi connectivity index (χ4v) is 4.97. The molecule has 2 aliphatic carbocycles. The van der Waals surface area contributed by atoms with Crippen molar-refractivity contribution in [2.24, 2.45) is 5.92 Å².